The van der Waals surface area contributed by atoms with Crippen molar-refractivity contribution in [3.05, 3.63) is 75.8 Å². The third-order valence-corrected chi connectivity index (χ3v) is 5.93. The Morgan fingerprint density at radius 1 is 1.11 bits per heavy atom. The monoisotopic (exact) mass is 415 g/mol. The van der Waals surface area contributed by atoms with Gasteiger partial charge in [-0.2, -0.15) is 8.42 Å². The van der Waals surface area contributed by atoms with Crippen LogP contribution in [-0.4, -0.2) is 42.9 Å². The Kier molecular flexibility index (Phi) is 4.61. The van der Waals surface area contributed by atoms with Crippen LogP contribution in [0.15, 0.2) is 64.1 Å². The molecule has 0 aliphatic carbocycles. The van der Waals surface area contributed by atoms with Crippen LogP contribution in [0.5, 0.6) is 0 Å². The fourth-order valence-electron chi connectivity index (χ4n) is 3.50. The van der Waals surface area contributed by atoms with Gasteiger partial charge in [-0.1, -0.05) is 54.1 Å². The maximum Gasteiger partial charge on any atom is 0.269 e. The lowest BCUT2D eigenvalue weighted by Crippen LogP contribution is -2.47. The molecule has 28 heavy (non-hydrogen) atoms. The van der Waals surface area contributed by atoms with Crippen molar-refractivity contribution in [2.75, 3.05) is 12.3 Å². The van der Waals surface area contributed by atoms with E-state index in [-0.39, 0.29) is 0 Å². The van der Waals surface area contributed by atoms with E-state index in [1.54, 1.807) is 13.1 Å². The van der Waals surface area contributed by atoms with E-state index in [2.05, 4.69) is 10.3 Å². The Balaban J connectivity index is 1.83. The Bertz CT molecular complexity index is 1150. The highest BCUT2D eigenvalue weighted by Crippen LogP contribution is 2.32. The van der Waals surface area contributed by atoms with Crippen molar-refractivity contribution in [3.63, 3.8) is 0 Å². The second kappa shape index (κ2) is 6.84. The van der Waals surface area contributed by atoms with Gasteiger partial charge in [-0.25, -0.2) is 0 Å². The molecule has 2 aliphatic rings. The van der Waals surface area contributed by atoms with Gasteiger partial charge in [-0.3, -0.25) is 14.5 Å². The Morgan fingerprint density at radius 2 is 1.75 bits per heavy atom. The average molecular weight is 416 g/mol. The molecule has 0 aromatic heterocycles. The number of fused-ring (bicyclic) bond motifs is 2. The minimum Gasteiger partial charge on any atom is -0.360 e. The first kappa shape index (κ1) is 18.9. The minimum atomic E-state index is -4.21. The molecular weight excluding hydrogens is 398 g/mol. The van der Waals surface area contributed by atoms with Crippen molar-refractivity contribution in [1.29, 1.82) is 0 Å². The van der Waals surface area contributed by atoms with Crippen molar-refractivity contribution >= 4 is 39.3 Å². The van der Waals surface area contributed by atoms with Gasteiger partial charge in [0.25, 0.3) is 10.1 Å². The number of benzene rings is 2. The van der Waals surface area contributed by atoms with Crippen molar-refractivity contribution < 1.29 is 13.0 Å². The zero-order valence-corrected chi connectivity index (χ0v) is 16.6. The van der Waals surface area contributed by atoms with Crippen LogP contribution in [-0.2, 0) is 10.1 Å². The van der Waals surface area contributed by atoms with Crippen molar-refractivity contribution in [3.8, 4) is 0 Å². The average Bonchev–Trinajstić information content (AvgIpc) is 2.77. The Hall–Kier alpha value is -2.48. The van der Waals surface area contributed by atoms with Gasteiger partial charge in [-0.05, 0) is 13.0 Å². The van der Waals surface area contributed by atoms with Crippen LogP contribution in [0.4, 0.5) is 0 Å². The smallest absolute Gasteiger partial charge is 0.269 e. The third-order valence-electron chi connectivity index (χ3n) is 4.67. The largest absolute Gasteiger partial charge is 0.360 e. The predicted molar refractivity (Wildman–Crippen MR) is 112 cm³/mol. The van der Waals surface area contributed by atoms with Gasteiger partial charge in [-0.15, -0.1) is 0 Å². The molecule has 0 saturated heterocycles. The molecule has 2 heterocycles. The quantitative estimate of drug-likeness (QED) is 0.753. The molecule has 0 radical (unpaired) electrons. The first-order valence-corrected chi connectivity index (χ1v) is 10.7. The molecule has 1 atom stereocenters. The minimum absolute atomic E-state index is 0.364. The fourth-order valence-corrected chi connectivity index (χ4v) is 4.58. The van der Waals surface area contributed by atoms with Crippen LogP contribution in [0.1, 0.15) is 23.6 Å². The van der Waals surface area contributed by atoms with E-state index in [0.29, 0.717) is 11.6 Å². The van der Waals surface area contributed by atoms with Crippen LogP contribution >= 0.6 is 11.6 Å². The second-order valence-electron chi connectivity index (χ2n) is 6.97. The van der Waals surface area contributed by atoms with Crippen LogP contribution < -0.4 is 5.32 Å². The van der Waals surface area contributed by atoms with Crippen LogP contribution in [0, 0.1) is 0 Å². The lowest BCUT2D eigenvalue weighted by Gasteiger charge is -2.32. The van der Waals surface area contributed by atoms with Gasteiger partial charge in [0.2, 0.25) is 0 Å². The summed E-state index contributed by atoms with van der Waals surface area (Å²) >= 11 is 6.42. The van der Waals surface area contributed by atoms with E-state index >= 15 is 0 Å². The first-order chi connectivity index (χ1) is 13.3. The number of hydrogen-bond donors (Lipinski definition) is 2. The number of hydrogen-bond acceptors (Lipinski definition) is 5. The highest BCUT2D eigenvalue weighted by atomic mass is 35.5. The topological polar surface area (TPSA) is 91.1 Å². The summed E-state index contributed by atoms with van der Waals surface area (Å²) < 4.78 is 32.2. The predicted octanol–water partition coefficient (Wildman–Crippen LogP) is 3.18. The summed E-state index contributed by atoms with van der Waals surface area (Å²) in [7, 11) is -4.21. The van der Waals surface area contributed by atoms with Crippen LogP contribution in [0.2, 0.25) is 5.02 Å². The summed E-state index contributed by atoms with van der Waals surface area (Å²) in [5, 5.41) is 3.81. The summed E-state index contributed by atoms with van der Waals surface area (Å²) in [6.45, 7) is 1.99. The zero-order chi connectivity index (χ0) is 19.9. The number of nitrogens with one attached hydrogen (secondary N) is 1. The Labute approximate surface area is 168 Å². The fraction of sp³-hybridized carbons (Fsp3) is 0.200. The van der Waals surface area contributed by atoms with Gasteiger partial charge in [0.15, 0.2) is 0 Å². The van der Waals surface area contributed by atoms with E-state index in [1.165, 1.54) is 0 Å². The van der Waals surface area contributed by atoms with Gasteiger partial charge in [0, 0.05) is 33.5 Å². The van der Waals surface area contributed by atoms with Crippen molar-refractivity contribution in [2.45, 2.75) is 12.6 Å². The molecule has 2 aromatic rings. The molecule has 0 amide bonds. The third kappa shape index (κ3) is 3.61. The van der Waals surface area contributed by atoms with E-state index in [9.17, 15) is 13.0 Å². The molecule has 8 heteroatoms. The molecule has 144 valence electrons. The normalized spacial score (nSPS) is 21.3. The SMILES string of the molecule is CC1(CS(=O)(=O)O)N=CC2=C(N1)c1ccccc1C(c1ccccc1Cl)=NC2. The van der Waals surface area contributed by atoms with E-state index in [0.717, 1.165) is 33.7 Å². The number of halogens is 1. The van der Waals surface area contributed by atoms with Gasteiger partial charge in [0.1, 0.15) is 11.4 Å². The molecule has 2 N–H and O–H groups in total. The van der Waals surface area contributed by atoms with Crippen molar-refractivity contribution in [1.82, 2.24) is 5.32 Å². The Morgan fingerprint density at radius 3 is 2.43 bits per heavy atom. The second-order valence-corrected chi connectivity index (χ2v) is 8.83. The van der Waals surface area contributed by atoms with Crippen molar-refractivity contribution in [2.24, 2.45) is 9.98 Å². The zero-order valence-electron chi connectivity index (χ0n) is 15.1. The lowest BCUT2D eigenvalue weighted by atomic mass is 9.94. The van der Waals surface area contributed by atoms with E-state index < -0.39 is 21.5 Å². The first-order valence-electron chi connectivity index (χ1n) is 8.67. The molecule has 0 bridgehead atoms. The molecule has 0 saturated carbocycles. The molecule has 0 spiro atoms. The number of rotatable bonds is 3. The highest BCUT2D eigenvalue weighted by molar-refractivity contribution is 7.85. The lowest BCUT2D eigenvalue weighted by molar-refractivity contribution is 0.428. The maximum atomic E-state index is 11.4. The van der Waals surface area contributed by atoms with E-state index in [4.69, 9.17) is 16.6 Å². The molecular formula is C20H18ClN3O3S. The highest BCUT2D eigenvalue weighted by Gasteiger charge is 2.34. The molecule has 2 aromatic carbocycles. The van der Waals surface area contributed by atoms with Crippen LogP contribution in [0.3, 0.4) is 0 Å². The maximum absolute atomic E-state index is 11.4. The van der Waals surface area contributed by atoms with Gasteiger partial charge < -0.3 is 5.32 Å². The molecule has 4 rings (SSSR count). The molecule has 0 fully saturated rings. The number of nitrogens with zero attached hydrogens (tertiary/aromatic N) is 2. The standard InChI is InChI=1S/C20H18ClN3O3S/c1-20(12-28(25,26)27)23-11-13-10-22-19(16-8-4-5-9-17(16)21)15-7-3-2-6-14(15)18(13)24-20/h2-9,11,24H,10,12H2,1H3,(H,25,26,27). The van der Waals surface area contributed by atoms with Gasteiger partial charge in [0.05, 0.1) is 18.0 Å². The van der Waals surface area contributed by atoms with Crippen LogP contribution in [0.25, 0.3) is 5.70 Å². The summed E-state index contributed by atoms with van der Waals surface area (Å²) in [4.78, 5) is 9.11. The number of aliphatic imine (C=N–C) groups is 2. The van der Waals surface area contributed by atoms with Gasteiger partial charge >= 0.3 is 0 Å². The summed E-state index contributed by atoms with van der Waals surface area (Å²) in [5.74, 6) is -0.534. The molecule has 6 nitrogen and oxygen atoms in total. The molecule has 1 unspecified atom stereocenters. The van der Waals surface area contributed by atoms with E-state index in [1.807, 2.05) is 48.5 Å². The summed E-state index contributed by atoms with van der Waals surface area (Å²) in [6, 6.07) is 15.3. The summed E-state index contributed by atoms with van der Waals surface area (Å²) in [5.41, 5.74) is 3.77. The molecule has 2 aliphatic heterocycles. The summed E-state index contributed by atoms with van der Waals surface area (Å²) in [6.07, 6.45) is 1.63.